The zero-order valence-electron chi connectivity index (χ0n) is 27.2. The van der Waals surface area contributed by atoms with Crippen LogP contribution >= 0.6 is 0 Å². The largest absolute Gasteiger partial charge is 0.460 e. The van der Waals surface area contributed by atoms with Crippen LogP contribution in [0.1, 0.15) is 115 Å². The van der Waals surface area contributed by atoms with Gasteiger partial charge in [-0.1, -0.05) is 46.3 Å². The van der Waals surface area contributed by atoms with Crippen LogP contribution in [0.3, 0.4) is 0 Å². The SMILES string of the molecule is C\C=C(/N=C1\C(=C/C)C=C(C(C)(C)C)N1C)C(=O)CCCCC(COC(C)(C)C)C(C)CC(=O)OC(C)(C)C. The highest BCUT2D eigenvalue weighted by atomic mass is 16.6. The van der Waals surface area contributed by atoms with Gasteiger partial charge in [0.05, 0.1) is 12.2 Å². The number of aliphatic imine (C=N–C) groups is 1. The fourth-order valence-electron chi connectivity index (χ4n) is 4.61. The van der Waals surface area contributed by atoms with Gasteiger partial charge < -0.3 is 14.4 Å². The topological polar surface area (TPSA) is 68.2 Å². The molecule has 0 aliphatic carbocycles. The van der Waals surface area contributed by atoms with E-state index in [0.717, 1.165) is 30.7 Å². The van der Waals surface area contributed by atoms with Crippen LogP contribution in [0.25, 0.3) is 0 Å². The molecule has 1 heterocycles. The maximum atomic E-state index is 13.1. The predicted molar refractivity (Wildman–Crippen MR) is 163 cm³/mol. The predicted octanol–water partition coefficient (Wildman–Crippen LogP) is 8.04. The molecule has 0 aromatic carbocycles. The summed E-state index contributed by atoms with van der Waals surface area (Å²) in [6, 6.07) is 0. The molecule has 0 bridgehead atoms. The Kier molecular flexibility index (Phi) is 12.9. The van der Waals surface area contributed by atoms with Gasteiger partial charge in [0.25, 0.3) is 0 Å². The van der Waals surface area contributed by atoms with Crippen molar-refractivity contribution in [3.8, 4) is 0 Å². The minimum Gasteiger partial charge on any atom is -0.460 e. The fraction of sp³-hybridized carbons (Fsp3) is 0.727. The van der Waals surface area contributed by atoms with E-state index in [-0.39, 0.29) is 34.6 Å². The van der Waals surface area contributed by atoms with Crippen LogP contribution in [0, 0.1) is 17.3 Å². The quantitative estimate of drug-likeness (QED) is 0.141. The molecule has 2 atom stereocenters. The minimum absolute atomic E-state index is 0.0196. The van der Waals surface area contributed by atoms with Crippen molar-refractivity contribution in [2.24, 2.45) is 22.2 Å². The maximum absolute atomic E-state index is 13.1. The summed E-state index contributed by atoms with van der Waals surface area (Å²) in [6.07, 6.45) is 9.36. The number of esters is 1. The lowest BCUT2D eigenvalue weighted by Gasteiger charge is -2.29. The number of unbranched alkanes of at least 4 members (excludes halogenated alkanes) is 1. The molecule has 0 radical (unpaired) electrons. The summed E-state index contributed by atoms with van der Waals surface area (Å²) in [5.41, 5.74) is 1.96. The molecule has 0 fully saturated rings. The number of rotatable bonds is 12. The molecule has 0 saturated carbocycles. The number of Topliss-reactive ketones (excluding diaryl/α,β-unsaturated/α-hetero) is 1. The zero-order chi connectivity index (χ0) is 30.2. The van der Waals surface area contributed by atoms with E-state index in [4.69, 9.17) is 14.5 Å². The molecule has 0 aromatic rings. The average molecular weight is 545 g/mol. The summed E-state index contributed by atoms with van der Waals surface area (Å²) in [5, 5.41) is 0. The summed E-state index contributed by atoms with van der Waals surface area (Å²) in [6.45, 7) is 24.9. The van der Waals surface area contributed by atoms with Crippen LogP contribution in [0.2, 0.25) is 0 Å². The Bertz CT molecular complexity index is 965. The molecule has 2 unspecified atom stereocenters. The molecular formula is C33H56N2O4. The van der Waals surface area contributed by atoms with Crippen molar-refractivity contribution < 1.29 is 19.1 Å². The van der Waals surface area contributed by atoms with Crippen LogP contribution in [-0.4, -0.2) is 47.3 Å². The first kappa shape index (κ1) is 34.8. The Balaban J connectivity index is 2.82. The average Bonchev–Trinajstić information content (AvgIpc) is 3.09. The van der Waals surface area contributed by atoms with Gasteiger partial charge in [0, 0.05) is 36.6 Å². The van der Waals surface area contributed by atoms with Gasteiger partial charge in [-0.25, -0.2) is 4.99 Å². The van der Waals surface area contributed by atoms with Crippen LogP contribution < -0.4 is 0 Å². The van der Waals surface area contributed by atoms with E-state index in [1.54, 1.807) is 0 Å². The number of nitrogens with zero attached hydrogens (tertiary/aromatic N) is 2. The monoisotopic (exact) mass is 544 g/mol. The summed E-state index contributed by atoms with van der Waals surface area (Å²) >= 11 is 0. The summed E-state index contributed by atoms with van der Waals surface area (Å²) < 4.78 is 11.7. The molecule has 1 aliphatic heterocycles. The molecule has 0 aromatic heterocycles. The van der Waals surface area contributed by atoms with Crippen molar-refractivity contribution in [3.05, 3.63) is 35.2 Å². The van der Waals surface area contributed by atoms with E-state index in [9.17, 15) is 9.59 Å². The summed E-state index contributed by atoms with van der Waals surface area (Å²) in [4.78, 5) is 32.5. The van der Waals surface area contributed by atoms with Crippen LogP contribution in [0.5, 0.6) is 0 Å². The highest BCUT2D eigenvalue weighted by Gasteiger charge is 2.31. The van der Waals surface area contributed by atoms with Gasteiger partial charge in [-0.05, 0) is 86.1 Å². The van der Waals surface area contributed by atoms with Crippen molar-refractivity contribution in [2.45, 2.75) is 126 Å². The molecule has 39 heavy (non-hydrogen) atoms. The van der Waals surface area contributed by atoms with E-state index in [1.807, 2.05) is 74.6 Å². The number of carbonyl (C=O) groups excluding carboxylic acids is 2. The van der Waals surface area contributed by atoms with Gasteiger partial charge in [0.1, 0.15) is 17.1 Å². The van der Waals surface area contributed by atoms with Gasteiger partial charge in [-0.3, -0.25) is 9.59 Å². The first-order chi connectivity index (χ1) is 17.8. The molecule has 0 saturated heterocycles. The number of hydrogen-bond donors (Lipinski definition) is 0. The number of hydrogen-bond acceptors (Lipinski definition) is 5. The standard InChI is InChI=1S/C33H56N2O4/c1-14-24-21-28(31(4,5)6)35(13)30(24)34-26(15-2)27(36)19-17-16-18-25(22-38-32(7,8)9)23(3)20-29(37)39-33(10,11)12/h14-15,21,23,25H,16-20,22H2,1-13H3/b24-14-,26-15-,34-30+. The van der Waals surface area contributed by atoms with Gasteiger partial charge in [0.2, 0.25) is 0 Å². The minimum atomic E-state index is -0.492. The van der Waals surface area contributed by atoms with E-state index in [2.05, 4.69) is 38.7 Å². The lowest BCUT2D eigenvalue weighted by molar-refractivity contribution is -0.156. The second kappa shape index (κ2) is 14.4. The molecule has 0 N–H and O–H groups in total. The van der Waals surface area contributed by atoms with E-state index in [0.29, 0.717) is 25.1 Å². The Morgan fingerprint density at radius 2 is 1.62 bits per heavy atom. The van der Waals surface area contributed by atoms with Gasteiger partial charge in [-0.2, -0.15) is 0 Å². The van der Waals surface area contributed by atoms with E-state index < -0.39 is 5.60 Å². The Morgan fingerprint density at radius 3 is 2.10 bits per heavy atom. The molecule has 1 rings (SSSR count). The van der Waals surface area contributed by atoms with Crippen molar-refractivity contribution in [1.82, 2.24) is 4.90 Å². The summed E-state index contributed by atoms with van der Waals surface area (Å²) in [7, 11) is 2.02. The number of carbonyl (C=O) groups is 2. The van der Waals surface area contributed by atoms with Crippen molar-refractivity contribution in [3.63, 3.8) is 0 Å². The smallest absolute Gasteiger partial charge is 0.306 e. The molecule has 0 amide bonds. The zero-order valence-corrected chi connectivity index (χ0v) is 27.2. The third-order valence-corrected chi connectivity index (χ3v) is 6.77. The third-order valence-electron chi connectivity index (χ3n) is 6.77. The van der Waals surface area contributed by atoms with E-state index in [1.165, 1.54) is 5.70 Å². The fourth-order valence-corrected chi connectivity index (χ4v) is 4.61. The first-order valence-electron chi connectivity index (χ1n) is 14.6. The normalized spacial score (nSPS) is 18.9. The first-order valence-corrected chi connectivity index (χ1v) is 14.6. The molecule has 1 aliphatic rings. The number of ketones is 1. The number of amidine groups is 1. The second-order valence-electron chi connectivity index (χ2n) is 13.8. The van der Waals surface area contributed by atoms with E-state index >= 15 is 0 Å². The lowest BCUT2D eigenvalue weighted by atomic mass is 9.87. The van der Waals surface area contributed by atoms with Crippen LogP contribution in [0.4, 0.5) is 0 Å². The maximum Gasteiger partial charge on any atom is 0.306 e. The highest BCUT2D eigenvalue weighted by Crippen LogP contribution is 2.35. The highest BCUT2D eigenvalue weighted by molar-refractivity contribution is 6.08. The molecule has 6 heteroatoms. The summed E-state index contributed by atoms with van der Waals surface area (Å²) in [5.74, 6) is 1.03. The number of ether oxygens (including phenoxy) is 2. The van der Waals surface area contributed by atoms with Crippen LogP contribution in [-0.2, 0) is 19.1 Å². The van der Waals surface area contributed by atoms with Gasteiger partial charge in [-0.15, -0.1) is 0 Å². The lowest BCUT2D eigenvalue weighted by Crippen LogP contribution is -2.30. The number of likely N-dealkylation sites (N-methyl/N-ethyl adjacent to an activating group) is 1. The van der Waals surface area contributed by atoms with Crippen LogP contribution in [0.15, 0.2) is 40.2 Å². The molecular weight excluding hydrogens is 488 g/mol. The van der Waals surface area contributed by atoms with Gasteiger partial charge in [0.15, 0.2) is 5.78 Å². The molecule has 222 valence electrons. The third kappa shape index (κ3) is 12.2. The second-order valence-corrected chi connectivity index (χ2v) is 13.8. The van der Waals surface area contributed by atoms with Gasteiger partial charge >= 0.3 is 5.97 Å². The molecule has 6 nitrogen and oxygen atoms in total. The van der Waals surface area contributed by atoms with Crippen molar-refractivity contribution >= 4 is 17.6 Å². The van der Waals surface area contributed by atoms with Crippen molar-refractivity contribution in [1.29, 1.82) is 0 Å². The van der Waals surface area contributed by atoms with Crippen molar-refractivity contribution in [2.75, 3.05) is 13.7 Å². The molecule has 0 spiro atoms. The number of allylic oxidation sites excluding steroid dienone is 4. The Labute approximate surface area is 239 Å². The Hall–Kier alpha value is -2.21. The Morgan fingerprint density at radius 1 is 1.00 bits per heavy atom.